The first-order chi connectivity index (χ1) is 8.87. The summed E-state index contributed by atoms with van der Waals surface area (Å²) in [6, 6.07) is 3.43. The number of carboxylic acid groups (broad SMARTS) is 1. The summed E-state index contributed by atoms with van der Waals surface area (Å²) in [6.07, 6.45) is 3.27. The third kappa shape index (κ3) is 4.55. The van der Waals surface area contributed by atoms with Crippen LogP contribution in [-0.4, -0.2) is 23.5 Å². The van der Waals surface area contributed by atoms with Gasteiger partial charge in [-0.3, -0.25) is 9.59 Å². The Morgan fingerprint density at radius 1 is 1.53 bits per heavy atom. The van der Waals surface area contributed by atoms with Gasteiger partial charge in [-0.2, -0.15) is 0 Å². The van der Waals surface area contributed by atoms with E-state index in [0.717, 1.165) is 0 Å². The van der Waals surface area contributed by atoms with Gasteiger partial charge in [0.15, 0.2) is 4.67 Å². The third-order valence-electron chi connectivity index (χ3n) is 2.94. The summed E-state index contributed by atoms with van der Waals surface area (Å²) in [4.78, 5) is 22.6. The Hall–Kier alpha value is -1.56. The molecule has 1 atom stereocenters. The summed E-state index contributed by atoms with van der Waals surface area (Å²) in [5.74, 6) is -0.735. The predicted octanol–water partition coefficient (Wildman–Crippen LogP) is 2.67. The second-order valence-electron chi connectivity index (χ2n) is 4.41. The van der Waals surface area contributed by atoms with Crippen molar-refractivity contribution in [1.82, 2.24) is 5.32 Å². The van der Waals surface area contributed by atoms with Crippen molar-refractivity contribution in [2.75, 3.05) is 6.54 Å². The number of halogens is 1. The lowest BCUT2D eigenvalue weighted by Crippen LogP contribution is -2.40. The second kappa shape index (κ2) is 6.56. The van der Waals surface area contributed by atoms with Gasteiger partial charge in [-0.25, -0.2) is 0 Å². The van der Waals surface area contributed by atoms with Crippen LogP contribution in [0.5, 0.6) is 0 Å². The van der Waals surface area contributed by atoms with E-state index in [9.17, 15) is 9.59 Å². The molecule has 6 heteroatoms. The van der Waals surface area contributed by atoms with E-state index >= 15 is 0 Å². The quantitative estimate of drug-likeness (QED) is 0.786. The van der Waals surface area contributed by atoms with E-state index in [1.165, 1.54) is 12.2 Å². The zero-order chi connectivity index (χ0) is 14.5. The number of rotatable bonds is 6. The number of nitrogens with one attached hydrogen (secondary N) is 1. The summed E-state index contributed by atoms with van der Waals surface area (Å²) in [5, 5.41) is 11.6. The molecule has 0 fully saturated rings. The van der Waals surface area contributed by atoms with Gasteiger partial charge in [-0.05, 0) is 47.5 Å². The first-order valence-corrected chi connectivity index (χ1v) is 6.61. The average Bonchev–Trinajstić information content (AvgIpc) is 2.79. The van der Waals surface area contributed by atoms with E-state index in [0.29, 0.717) is 16.9 Å². The van der Waals surface area contributed by atoms with Crippen molar-refractivity contribution in [1.29, 1.82) is 0 Å². The highest BCUT2D eigenvalue weighted by molar-refractivity contribution is 9.10. The molecule has 0 bridgehead atoms. The first-order valence-electron chi connectivity index (χ1n) is 5.82. The van der Waals surface area contributed by atoms with Gasteiger partial charge >= 0.3 is 5.97 Å². The fourth-order valence-electron chi connectivity index (χ4n) is 1.27. The van der Waals surface area contributed by atoms with Crippen LogP contribution in [0.1, 0.15) is 26.0 Å². The van der Waals surface area contributed by atoms with E-state index in [2.05, 4.69) is 21.2 Å². The van der Waals surface area contributed by atoms with Crippen molar-refractivity contribution in [2.45, 2.75) is 20.3 Å². The molecule has 0 aromatic carbocycles. The minimum Gasteiger partial charge on any atom is -0.481 e. The van der Waals surface area contributed by atoms with Crippen molar-refractivity contribution < 1.29 is 19.1 Å². The van der Waals surface area contributed by atoms with Crippen LogP contribution >= 0.6 is 15.9 Å². The molecule has 1 amide bonds. The number of hydrogen-bond acceptors (Lipinski definition) is 3. The Balaban J connectivity index is 2.52. The summed E-state index contributed by atoms with van der Waals surface area (Å²) in [5.41, 5.74) is -0.947. The van der Waals surface area contributed by atoms with Crippen LogP contribution in [0.25, 0.3) is 6.08 Å². The number of furan rings is 1. The molecule has 19 heavy (non-hydrogen) atoms. The van der Waals surface area contributed by atoms with E-state index in [1.54, 1.807) is 26.0 Å². The molecule has 1 heterocycles. The van der Waals surface area contributed by atoms with Gasteiger partial charge in [0.05, 0.1) is 5.41 Å². The average molecular weight is 330 g/mol. The van der Waals surface area contributed by atoms with Gasteiger partial charge in [-0.1, -0.05) is 6.92 Å². The Labute approximate surface area is 119 Å². The maximum Gasteiger partial charge on any atom is 0.311 e. The Morgan fingerprint density at radius 2 is 2.21 bits per heavy atom. The highest BCUT2D eigenvalue weighted by Gasteiger charge is 2.31. The highest BCUT2D eigenvalue weighted by atomic mass is 79.9. The monoisotopic (exact) mass is 329 g/mol. The highest BCUT2D eigenvalue weighted by Crippen LogP contribution is 2.20. The molecule has 1 rings (SSSR count). The molecule has 0 aliphatic heterocycles. The lowest BCUT2D eigenvalue weighted by atomic mass is 9.88. The van der Waals surface area contributed by atoms with E-state index < -0.39 is 11.4 Å². The van der Waals surface area contributed by atoms with Crippen LogP contribution in [0, 0.1) is 5.41 Å². The molecule has 104 valence electrons. The van der Waals surface area contributed by atoms with Crippen molar-refractivity contribution in [3.8, 4) is 0 Å². The summed E-state index contributed by atoms with van der Waals surface area (Å²) in [6.45, 7) is 3.46. The number of carbonyl (C=O) groups is 2. The number of carbonyl (C=O) groups excluding carboxylic acids is 1. The number of hydrogen-bond donors (Lipinski definition) is 2. The van der Waals surface area contributed by atoms with Crippen LogP contribution in [0.2, 0.25) is 0 Å². The minimum absolute atomic E-state index is 0.0872. The van der Waals surface area contributed by atoms with Crippen LogP contribution in [0.15, 0.2) is 27.3 Å². The Morgan fingerprint density at radius 3 is 2.68 bits per heavy atom. The third-order valence-corrected chi connectivity index (χ3v) is 3.37. The van der Waals surface area contributed by atoms with Crippen molar-refractivity contribution >= 4 is 33.9 Å². The molecule has 5 nitrogen and oxygen atoms in total. The molecule has 1 unspecified atom stereocenters. The molecule has 0 spiro atoms. The fourth-order valence-corrected chi connectivity index (χ4v) is 1.59. The predicted molar refractivity (Wildman–Crippen MR) is 74.5 cm³/mol. The van der Waals surface area contributed by atoms with Gasteiger partial charge in [-0.15, -0.1) is 0 Å². The fraction of sp³-hybridized carbons (Fsp3) is 0.385. The van der Waals surface area contributed by atoms with Crippen molar-refractivity contribution in [2.24, 2.45) is 5.41 Å². The number of carboxylic acids is 1. The molecule has 1 aromatic heterocycles. The normalized spacial score (nSPS) is 14.3. The maximum atomic E-state index is 11.6. The molecule has 0 saturated carbocycles. The Bertz CT molecular complexity index is 495. The number of aliphatic carboxylic acids is 1. The lowest BCUT2D eigenvalue weighted by molar-refractivity contribution is -0.148. The van der Waals surface area contributed by atoms with Gasteiger partial charge in [0.2, 0.25) is 5.91 Å². The van der Waals surface area contributed by atoms with Crippen LogP contribution in [-0.2, 0) is 9.59 Å². The Kier molecular flexibility index (Phi) is 5.35. The van der Waals surface area contributed by atoms with Gasteiger partial charge in [0.1, 0.15) is 5.76 Å². The summed E-state index contributed by atoms with van der Waals surface area (Å²) >= 11 is 3.15. The van der Waals surface area contributed by atoms with Gasteiger partial charge in [0, 0.05) is 12.6 Å². The second-order valence-corrected chi connectivity index (χ2v) is 5.19. The number of amides is 1. The maximum absolute atomic E-state index is 11.6. The molecular formula is C13H16BrNO4. The summed E-state index contributed by atoms with van der Waals surface area (Å²) in [7, 11) is 0. The van der Waals surface area contributed by atoms with E-state index in [4.69, 9.17) is 9.52 Å². The molecule has 0 saturated heterocycles. The minimum atomic E-state index is -0.947. The smallest absolute Gasteiger partial charge is 0.311 e. The molecule has 0 aliphatic rings. The molecule has 0 aliphatic carbocycles. The lowest BCUT2D eigenvalue weighted by Gasteiger charge is -2.22. The largest absolute Gasteiger partial charge is 0.481 e. The van der Waals surface area contributed by atoms with E-state index in [1.807, 2.05) is 0 Å². The van der Waals surface area contributed by atoms with Crippen LogP contribution < -0.4 is 5.32 Å². The molecule has 0 radical (unpaired) electrons. The van der Waals surface area contributed by atoms with Crippen LogP contribution in [0.3, 0.4) is 0 Å². The van der Waals surface area contributed by atoms with Crippen molar-refractivity contribution in [3.63, 3.8) is 0 Å². The first kappa shape index (κ1) is 15.5. The zero-order valence-corrected chi connectivity index (χ0v) is 12.4. The summed E-state index contributed by atoms with van der Waals surface area (Å²) < 4.78 is 5.78. The van der Waals surface area contributed by atoms with E-state index in [-0.39, 0.29) is 12.5 Å². The van der Waals surface area contributed by atoms with Crippen molar-refractivity contribution in [3.05, 3.63) is 28.6 Å². The van der Waals surface area contributed by atoms with Gasteiger partial charge < -0.3 is 14.8 Å². The van der Waals surface area contributed by atoms with Crippen LogP contribution in [0.4, 0.5) is 0 Å². The molecule has 1 aromatic rings. The zero-order valence-electron chi connectivity index (χ0n) is 10.8. The standard InChI is InChI=1S/C13H16BrNO4/c1-3-13(2,12(17)18)8-15-11(16)7-5-9-4-6-10(14)19-9/h4-7H,3,8H2,1-2H3,(H,15,16)(H,17,18)/b7-5+. The SMILES string of the molecule is CCC(C)(CNC(=O)/C=C/c1ccc(Br)o1)C(=O)O. The molecular weight excluding hydrogens is 314 g/mol. The topological polar surface area (TPSA) is 79.5 Å². The van der Waals surface area contributed by atoms with Gasteiger partial charge in [0.25, 0.3) is 0 Å². The molecule has 2 N–H and O–H groups in total.